The first-order valence-electron chi connectivity index (χ1n) is 18.0. The molecule has 3 aliphatic heterocycles. The molecule has 0 saturated carbocycles. The Morgan fingerprint density at radius 1 is 1.27 bits per heavy atom. The lowest BCUT2D eigenvalue weighted by Gasteiger charge is -2.44. The van der Waals surface area contributed by atoms with Crippen LogP contribution in [0.2, 0.25) is 0 Å². The fourth-order valence-electron chi connectivity index (χ4n) is 6.98. The number of amides is 2. The highest BCUT2D eigenvalue weighted by molar-refractivity contribution is 8.14. The van der Waals surface area contributed by atoms with E-state index in [4.69, 9.17) is 29.3 Å². The first kappa shape index (κ1) is 38.1. The number of rotatable bonds is 5. The van der Waals surface area contributed by atoms with Gasteiger partial charge in [-0.15, -0.1) is 11.8 Å². The van der Waals surface area contributed by atoms with Crippen LogP contribution in [-0.2, 0) is 32.1 Å². The summed E-state index contributed by atoms with van der Waals surface area (Å²) < 4.78 is 13.6. The molecule has 3 aliphatic rings. The van der Waals surface area contributed by atoms with Gasteiger partial charge in [-0.1, -0.05) is 13.8 Å². The van der Waals surface area contributed by atoms with Crippen LogP contribution in [0.4, 0.5) is 4.79 Å². The maximum absolute atomic E-state index is 14.0. The number of carbonyl (C=O) groups excluding carboxylic acids is 2. The van der Waals surface area contributed by atoms with Crippen LogP contribution in [0, 0.1) is 10.6 Å². The Balaban J connectivity index is 1.47. The maximum Gasteiger partial charge on any atom is 0.408 e. The second kappa shape index (κ2) is 15.4. The molecule has 6 heterocycles. The fourth-order valence-corrected chi connectivity index (χ4v) is 8.06. The molecule has 2 N–H and O–H groups in total. The Bertz CT molecular complexity index is 1820. The van der Waals surface area contributed by atoms with E-state index in [0.717, 1.165) is 44.3 Å². The number of aliphatic imine (C=N–C) groups is 1. The van der Waals surface area contributed by atoms with Gasteiger partial charge in [0.25, 0.3) is 5.91 Å². The average Bonchev–Trinajstić information content (AvgIpc) is 3.70. The number of aromatic nitrogens is 3. The zero-order chi connectivity index (χ0) is 37.4. The number of hydrazine groups is 1. The Morgan fingerprint density at radius 2 is 2.06 bits per heavy atom. The molecule has 52 heavy (non-hydrogen) atoms. The molecule has 6 rings (SSSR count). The lowest BCUT2D eigenvalue weighted by molar-refractivity contribution is -0.197. The Kier molecular flexibility index (Phi) is 11.3. The second-order valence-electron chi connectivity index (χ2n) is 15.4. The molecule has 1 fully saturated rings. The molecule has 282 valence electrons. The molecule has 3 aromatic rings. The summed E-state index contributed by atoms with van der Waals surface area (Å²) in [5.74, 6) is 0.261. The number of nitrogens with one attached hydrogen (secondary N) is 2. The van der Waals surface area contributed by atoms with E-state index in [1.54, 1.807) is 45.8 Å². The Hall–Kier alpha value is -3.60. The molecular weight excluding hydrogens is 685 g/mol. The van der Waals surface area contributed by atoms with Crippen molar-refractivity contribution in [2.24, 2.45) is 10.4 Å². The lowest BCUT2D eigenvalue weighted by atomic mass is 9.85. The summed E-state index contributed by atoms with van der Waals surface area (Å²) >= 11 is 1.55. The van der Waals surface area contributed by atoms with Gasteiger partial charge < -0.3 is 29.4 Å². The minimum absolute atomic E-state index is 0.116. The standard InChI is InChI=1S/C37H51N8O6S/c1-9-43-28-15-14-25-27-20-52-30(39-27)18-26(41-35(47)51-36(3,4)5)34(46)44-17-11-13-29(42-44)45(48)50-21-37(6,7)19-24(32(28)40-25)33(43)23-12-10-16-38-31(23)22(2)49-8/h10,12,14-16,22,26-27,29,42H,9,11,13,17-21H2,1-8H3,(H,41,47)/q-1/t22-,26-,27?,29+/m0/s1. The third-order valence-electron chi connectivity index (χ3n) is 9.52. The van der Waals surface area contributed by atoms with E-state index in [2.05, 4.69) is 48.2 Å². The Morgan fingerprint density at radius 3 is 2.79 bits per heavy atom. The van der Waals surface area contributed by atoms with E-state index in [1.165, 1.54) is 5.01 Å². The Labute approximate surface area is 309 Å². The highest BCUT2D eigenvalue weighted by Crippen LogP contribution is 2.41. The molecule has 0 radical (unpaired) electrons. The van der Waals surface area contributed by atoms with Crippen LogP contribution in [0.3, 0.4) is 0 Å². The molecule has 15 heteroatoms. The first-order valence-corrected chi connectivity index (χ1v) is 19.0. The highest BCUT2D eigenvalue weighted by Gasteiger charge is 2.36. The van der Waals surface area contributed by atoms with Gasteiger partial charge in [0, 0.05) is 49.7 Å². The van der Waals surface area contributed by atoms with Crippen LogP contribution in [0.15, 0.2) is 35.5 Å². The van der Waals surface area contributed by atoms with Crippen molar-refractivity contribution < 1.29 is 23.9 Å². The third-order valence-corrected chi connectivity index (χ3v) is 10.6. The van der Waals surface area contributed by atoms with Gasteiger partial charge in [0.1, 0.15) is 17.7 Å². The number of ether oxygens (including phenoxy) is 2. The van der Waals surface area contributed by atoms with Gasteiger partial charge in [-0.3, -0.25) is 19.8 Å². The summed E-state index contributed by atoms with van der Waals surface area (Å²) in [6.07, 6.45) is 1.81. The van der Waals surface area contributed by atoms with Gasteiger partial charge in [-0.05, 0) is 83.6 Å². The van der Waals surface area contributed by atoms with Gasteiger partial charge in [0.2, 0.25) is 0 Å². The predicted molar refractivity (Wildman–Crippen MR) is 201 cm³/mol. The number of alkyl carbamates (subject to hydrolysis) is 1. The van der Waals surface area contributed by atoms with Crippen molar-refractivity contribution in [3.63, 3.8) is 0 Å². The van der Waals surface area contributed by atoms with Gasteiger partial charge in [0.05, 0.1) is 52.0 Å². The molecule has 3 aromatic heterocycles. The normalized spacial score (nSPS) is 23.6. The van der Waals surface area contributed by atoms with Crippen molar-refractivity contribution in [1.82, 2.24) is 35.5 Å². The first-order chi connectivity index (χ1) is 24.7. The molecule has 1 unspecified atom stereocenters. The van der Waals surface area contributed by atoms with Gasteiger partial charge in [0.15, 0.2) is 0 Å². The number of nitrogens with zero attached hydrogens (tertiary/aromatic N) is 6. The molecular formula is C37H51N8O6S-. The molecule has 0 aliphatic carbocycles. The number of methoxy groups -OCH3 is 1. The van der Waals surface area contributed by atoms with Crippen LogP contribution in [-0.4, -0.2) is 85.6 Å². The van der Waals surface area contributed by atoms with Crippen LogP contribution in [0.25, 0.3) is 22.3 Å². The number of hydrogen-bond donors (Lipinski definition) is 2. The van der Waals surface area contributed by atoms with Crippen molar-refractivity contribution >= 4 is 39.8 Å². The van der Waals surface area contributed by atoms with Crippen LogP contribution in [0.5, 0.6) is 0 Å². The lowest BCUT2D eigenvalue weighted by Crippen LogP contribution is -2.61. The quantitative estimate of drug-likeness (QED) is 0.314. The van der Waals surface area contributed by atoms with Crippen LogP contribution >= 0.6 is 11.8 Å². The number of fused-ring (bicyclic) bond motifs is 5. The smallest absolute Gasteiger partial charge is 0.408 e. The van der Waals surface area contributed by atoms with Gasteiger partial charge in [-0.2, -0.15) is 0 Å². The largest absolute Gasteiger partial charge is 0.761 e. The van der Waals surface area contributed by atoms with Crippen molar-refractivity contribution in [3.8, 4) is 11.3 Å². The number of pyridine rings is 2. The third kappa shape index (κ3) is 8.29. The van der Waals surface area contributed by atoms with Crippen molar-refractivity contribution in [2.45, 2.75) is 111 Å². The minimum Gasteiger partial charge on any atom is -0.761 e. The summed E-state index contributed by atoms with van der Waals surface area (Å²) in [6.45, 7) is 14.7. The summed E-state index contributed by atoms with van der Waals surface area (Å²) in [6, 6.07) is 6.95. The van der Waals surface area contributed by atoms with Gasteiger partial charge >= 0.3 is 6.09 Å². The molecule has 6 bridgehead atoms. The second-order valence-corrected chi connectivity index (χ2v) is 16.5. The number of hydroxylamine groups is 2. The summed E-state index contributed by atoms with van der Waals surface area (Å²) in [7, 11) is 1.68. The summed E-state index contributed by atoms with van der Waals surface area (Å²) in [5, 5.41) is 19.0. The fraction of sp³-hybridized carbons (Fsp3) is 0.595. The van der Waals surface area contributed by atoms with E-state index < -0.39 is 29.3 Å². The monoisotopic (exact) mass is 735 g/mol. The number of hydrogen-bond acceptors (Lipinski definition) is 12. The van der Waals surface area contributed by atoms with E-state index in [0.29, 0.717) is 43.3 Å². The predicted octanol–water partition coefficient (Wildman–Crippen LogP) is 6.06. The van der Waals surface area contributed by atoms with E-state index in [1.807, 2.05) is 19.1 Å². The topological polar surface area (TPSA) is 158 Å². The van der Waals surface area contributed by atoms with Gasteiger partial charge in [-0.25, -0.2) is 20.4 Å². The molecule has 0 spiro atoms. The average molecular weight is 736 g/mol. The summed E-state index contributed by atoms with van der Waals surface area (Å²) in [4.78, 5) is 48.0. The molecule has 1 saturated heterocycles. The zero-order valence-corrected chi connectivity index (χ0v) is 32.2. The number of aryl methyl sites for hydroxylation is 1. The molecule has 0 aromatic carbocycles. The van der Waals surface area contributed by atoms with Crippen molar-refractivity contribution in [3.05, 3.63) is 52.6 Å². The zero-order valence-electron chi connectivity index (χ0n) is 31.4. The number of thioether (sulfide) groups is 1. The van der Waals surface area contributed by atoms with Crippen LogP contribution in [0.1, 0.15) is 96.8 Å². The minimum atomic E-state index is -0.976. The van der Waals surface area contributed by atoms with Crippen LogP contribution < -0.4 is 10.7 Å². The molecule has 14 nitrogen and oxygen atoms in total. The van der Waals surface area contributed by atoms with Crippen molar-refractivity contribution in [2.75, 3.05) is 26.0 Å². The highest BCUT2D eigenvalue weighted by atomic mass is 32.2. The van der Waals surface area contributed by atoms with E-state index in [9.17, 15) is 14.8 Å². The molecule has 4 atom stereocenters. The maximum atomic E-state index is 14.0. The molecule has 2 amide bonds. The summed E-state index contributed by atoms with van der Waals surface area (Å²) in [5.41, 5.74) is 8.31. The van der Waals surface area contributed by atoms with E-state index in [-0.39, 0.29) is 31.1 Å². The SMILES string of the molecule is CCn1c(-c2cccnc2[C@H](C)OC)c2c3nc(ccc31)C1CSC(=N1)C[C@H](NC(=O)OC(C)(C)C)C(=O)N1CCC[C@H](N1)N([O-])OCC(C)(C)C2. The number of carbonyl (C=O) groups is 2. The van der Waals surface area contributed by atoms with Crippen molar-refractivity contribution in [1.29, 1.82) is 0 Å². The van der Waals surface area contributed by atoms with E-state index >= 15 is 0 Å².